The van der Waals surface area contributed by atoms with Crippen LogP contribution in [0.1, 0.15) is 25.7 Å². The second kappa shape index (κ2) is 8.73. The number of carbonyl (C=O) groups is 1. The van der Waals surface area contributed by atoms with Gasteiger partial charge >= 0.3 is 0 Å². The molecular weight excluding hydrogens is 384 g/mol. The smallest absolute Gasteiger partial charge is 0.292 e. The molecule has 9 heteroatoms. The Kier molecular flexibility index (Phi) is 5.87. The summed E-state index contributed by atoms with van der Waals surface area (Å²) in [5, 5.41) is 18.8. The van der Waals surface area contributed by atoms with E-state index < -0.39 is 0 Å². The minimum absolute atomic E-state index is 0.0453. The molecule has 30 heavy (non-hydrogen) atoms. The molecule has 160 valence electrons. The van der Waals surface area contributed by atoms with Gasteiger partial charge in [0.2, 0.25) is 5.91 Å². The van der Waals surface area contributed by atoms with Gasteiger partial charge in [-0.15, -0.1) is 0 Å². The molecule has 1 N–H and O–H groups in total. The van der Waals surface area contributed by atoms with Crippen molar-refractivity contribution >= 4 is 23.1 Å². The van der Waals surface area contributed by atoms with Crippen molar-refractivity contribution in [2.45, 2.75) is 31.7 Å². The Bertz CT molecular complexity index is 906. The van der Waals surface area contributed by atoms with Gasteiger partial charge in [0.15, 0.2) is 0 Å². The third kappa shape index (κ3) is 4.24. The Morgan fingerprint density at radius 1 is 1.13 bits per heavy atom. The van der Waals surface area contributed by atoms with E-state index >= 15 is 0 Å². The fourth-order valence-electron chi connectivity index (χ4n) is 4.57. The van der Waals surface area contributed by atoms with Crippen LogP contribution in [-0.2, 0) is 11.8 Å². The number of nitrogens with one attached hydrogen (secondary N) is 1. The van der Waals surface area contributed by atoms with Crippen LogP contribution in [0.25, 0.3) is 0 Å². The molecule has 0 radical (unpaired) electrons. The van der Waals surface area contributed by atoms with Crippen LogP contribution in [0.4, 0.5) is 17.2 Å². The van der Waals surface area contributed by atoms with E-state index in [2.05, 4.69) is 15.3 Å². The summed E-state index contributed by atoms with van der Waals surface area (Å²) in [6.07, 6.45) is 5.22. The van der Waals surface area contributed by atoms with Gasteiger partial charge in [-0.1, -0.05) is 12.1 Å². The third-order valence-electron chi connectivity index (χ3n) is 6.17. The van der Waals surface area contributed by atoms with Gasteiger partial charge in [-0.3, -0.25) is 19.6 Å². The Hall–Kier alpha value is -3.10. The summed E-state index contributed by atoms with van der Waals surface area (Å²) in [6.45, 7) is 3.06. The van der Waals surface area contributed by atoms with Crippen LogP contribution in [0, 0.1) is 16.0 Å². The molecule has 9 nitrogen and oxygen atoms in total. The first kappa shape index (κ1) is 20.2. The number of hydrogen-bond acceptors (Lipinski definition) is 6. The predicted molar refractivity (Wildman–Crippen MR) is 115 cm³/mol. The quantitative estimate of drug-likeness (QED) is 0.598. The SMILES string of the molecule is Cn1nccc1N1CCC[C@@H](NC(=O)C2CCN(c3ccccc3[N+](=O)[O-])CC2)C1. The highest BCUT2D eigenvalue weighted by Crippen LogP contribution is 2.31. The van der Waals surface area contributed by atoms with Crippen molar-refractivity contribution < 1.29 is 9.72 Å². The van der Waals surface area contributed by atoms with Crippen LogP contribution in [0.2, 0.25) is 0 Å². The highest BCUT2D eigenvalue weighted by atomic mass is 16.6. The van der Waals surface area contributed by atoms with Crippen molar-refractivity contribution in [2.24, 2.45) is 13.0 Å². The first-order valence-electron chi connectivity index (χ1n) is 10.5. The summed E-state index contributed by atoms with van der Waals surface area (Å²) in [6, 6.07) is 8.95. The average molecular weight is 412 g/mol. The predicted octanol–water partition coefficient (Wildman–Crippen LogP) is 2.33. The lowest BCUT2D eigenvalue weighted by atomic mass is 9.94. The second-order valence-electron chi connectivity index (χ2n) is 8.11. The van der Waals surface area contributed by atoms with Crippen molar-refractivity contribution in [1.82, 2.24) is 15.1 Å². The second-order valence-corrected chi connectivity index (χ2v) is 8.11. The molecule has 2 aromatic rings. The van der Waals surface area contributed by atoms with Gasteiger partial charge in [0, 0.05) is 57.3 Å². The Morgan fingerprint density at radius 3 is 2.60 bits per heavy atom. The third-order valence-corrected chi connectivity index (χ3v) is 6.17. The lowest BCUT2D eigenvalue weighted by Crippen LogP contribution is -2.51. The van der Waals surface area contributed by atoms with Crippen LogP contribution in [0.5, 0.6) is 0 Å². The van der Waals surface area contributed by atoms with Gasteiger partial charge < -0.3 is 15.1 Å². The van der Waals surface area contributed by atoms with E-state index in [1.54, 1.807) is 18.3 Å². The van der Waals surface area contributed by atoms with Crippen molar-refractivity contribution in [1.29, 1.82) is 0 Å². The topological polar surface area (TPSA) is 96.5 Å². The summed E-state index contributed by atoms with van der Waals surface area (Å²) in [5.41, 5.74) is 0.762. The molecule has 3 heterocycles. The van der Waals surface area contributed by atoms with Gasteiger partial charge in [0.1, 0.15) is 11.5 Å². The number of piperidine rings is 2. The van der Waals surface area contributed by atoms with Gasteiger partial charge in [0.25, 0.3) is 5.69 Å². The zero-order valence-corrected chi connectivity index (χ0v) is 17.2. The number of nitrogens with zero attached hydrogens (tertiary/aromatic N) is 5. The van der Waals surface area contributed by atoms with Gasteiger partial charge in [0.05, 0.1) is 11.1 Å². The minimum Gasteiger partial charge on any atom is -0.366 e. The monoisotopic (exact) mass is 412 g/mol. The number of nitro benzene ring substituents is 1. The van der Waals surface area contributed by atoms with Gasteiger partial charge in [-0.05, 0) is 31.7 Å². The van der Waals surface area contributed by atoms with Crippen molar-refractivity contribution in [3.63, 3.8) is 0 Å². The maximum absolute atomic E-state index is 12.9. The molecule has 1 aromatic carbocycles. The largest absolute Gasteiger partial charge is 0.366 e. The number of benzene rings is 1. The summed E-state index contributed by atoms with van der Waals surface area (Å²) >= 11 is 0. The highest BCUT2D eigenvalue weighted by molar-refractivity contribution is 5.79. The number of carbonyl (C=O) groups excluding carboxylic acids is 1. The summed E-state index contributed by atoms with van der Waals surface area (Å²) in [5.74, 6) is 1.14. The Balaban J connectivity index is 1.32. The highest BCUT2D eigenvalue weighted by Gasteiger charge is 2.30. The molecule has 2 aliphatic rings. The van der Waals surface area contributed by atoms with Gasteiger partial charge in [-0.25, -0.2) is 0 Å². The molecule has 1 aromatic heterocycles. The normalized spacial score (nSPS) is 20.2. The maximum atomic E-state index is 12.9. The average Bonchev–Trinajstić information content (AvgIpc) is 3.20. The van der Waals surface area contributed by atoms with Crippen molar-refractivity contribution in [3.8, 4) is 0 Å². The van der Waals surface area contributed by atoms with E-state index in [-0.39, 0.29) is 28.5 Å². The zero-order chi connectivity index (χ0) is 21.1. The molecule has 0 bridgehead atoms. The van der Waals surface area contributed by atoms with E-state index in [4.69, 9.17) is 0 Å². The molecule has 2 fully saturated rings. The summed E-state index contributed by atoms with van der Waals surface area (Å²) in [7, 11) is 1.93. The molecular formula is C21H28N6O3. The molecule has 0 spiro atoms. The van der Waals surface area contributed by atoms with Crippen LogP contribution in [0.3, 0.4) is 0 Å². The molecule has 0 saturated carbocycles. The Morgan fingerprint density at radius 2 is 1.90 bits per heavy atom. The van der Waals surface area contributed by atoms with E-state index in [9.17, 15) is 14.9 Å². The first-order valence-corrected chi connectivity index (χ1v) is 10.5. The van der Waals surface area contributed by atoms with Crippen molar-refractivity contribution in [3.05, 3.63) is 46.6 Å². The van der Waals surface area contributed by atoms with E-state index in [0.29, 0.717) is 31.6 Å². The van der Waals surface area contributed by atoms with Crippen LogP contribution >= 0.6 is 0 Å². The number of para-hydroxylation sites is 2. The Labute approximate surface area is 175 Å². The number of nitro groups is 1. The number of rotatable bonds is 5. The molecule has 2 saturated heterocycles. The zero-order valence-electron chi connectivity index (χ0n) is 17.2. The molecule has 1 atom stereocenters. The van der Waals surface area contributed by atoms with Crippen LogP contribution in [-0.4, -0.2) is 52.8 Å². The molecule has 0 unspecified atom stereocenters. The maximum Gasteiger partial charge on any atom is 0.292 e. The number of aryl methyl sites for hydroxylation is 1. The van der Waals surface area contributed by atoms with Crippen LogP contribution in [0.15, 0.2) is 36.5 Å². The molecule has 1 amide bonds. The summed E-state index contributed by atoms with van der Waals surface area (Å²) in [4.78, 5) is 28.1. The lowest BCUT2D eigenvalue weighted by molar-refractivity contribution is -0.384. The van der Waals surface area contributed by atoms with Gasteiger partial charge in [-0.2, -0.15) is 5.10 Å². The van der Waals surface area contributed by atoms with E-state index in [1.807, 2.05) is 28.8 Å². The number of amides is 1. The number of anilines is 2. The van der Waals surface area contributed by atoms with Crippen molar-refractivity contribution in [2.75, 3.05) is 36.0 Å². The fourth-order valence-corrected chi connectivity index (χ4v) is 4.57. The first-order chi connectivity index (χ1) is 14.5. The van der Waals surface area contributed by atoms with Crippen LogP contribution < -0.4 is 15.1 Å². The number of aromatic nitrogens is 2. The summed E-state index contributed by atoms with van der Waals surface area (Å²) < 4.78 is 1.86. The number of hydrogen-bond donors (Lipinski definition) is 1. The van der Waals surface area contributed by atoms with E-state index in [0.717, 1.165) is 31.7 Å². The van der Waals surface area contributed by atoms with E-state index in [1.165, 1.54) is 6.07 Å². The lowest BCUT2D eigenvalue weighted by Gasteiger charge is -2.36. The molecule has 4 rings (SSSR count). The standard InChI is InChI=1S/C21H28N6O3/c1-24-20(8-11-22-24)26-12-4-5-17(15-26)23-21(28)16-9-13-25(14-10-16)18-6-2-3-7-19(18)27(29)30/h2-3,6-8,11,16-17H,4-5,9-10,12-15H2,1H3,(H,23,28)/t17-/m1/s1. The fraction of sp³-hybridized carbons (Fsp3) is 0.524. The molecule has 2 aliphatic heterocycles. The molecule has 0 aliphatic carbocycles. The minimum atomic E-state index is -0.342.